The van der Waals surface area contributed by atoms with Gasteiger partial charge in [0.15, 0.2) is 0 Å². The van der Waals surface area contributed by atoms with Gasteiger partial charge in [0.05, 0.1) is 22.4 Å². The maximum atomic E-state index is 5.77. The van der Waals surface area contributed by atoms with Crippen LogP contribution >= 0.6 is 27.7 Å². The molecule has 0 saturated carbocycles. The molecular weight excluding hydrogens is 336 g/mol. The number of nitrogens with zero attached hydrogens (tertiary/aromatic N) is 2. The Kier molecular flexibility index (Phi) is 5.65. The molecule has 1 aromatic carbocycles. The Balaban J connectivity index is 2.34. The second-order valence-corrected chi connectivity index (χ2v) is 6.49. The van der Waals surface area contributed by atoms with Crippen molar-refractivity contribution in [1.29, 1.82) is 0 Å². The van der Waals surface area contributed by atoms with Crippen molar-refractivity contribution in [1.82, 2.24) is 15.2 Å². The molecule has 20 heavy (non-hydrogen) atoms. The summed E-state index contributed by atoms with van der Waals surface area (Å²) in [6.07, 6.45) is 1.81. The molecule has 0 saturated heterocycles. The van der Waals surface area contributed by atoms with Gasteiger partial charge in [0.1, 0.15) is 0 Å². The van der Waals surface area contributed by atoms with E-state index in [1.165, 1.54) is 4.90 Å². The normalized spacial score (nSPS) is 12.6. The maximum Gasteiger partial charge on any atom is 0.0889 e. The van der Waals surface area contributed by atoms with E-state index in [1.807, 2.05) is 22.6 Å². The van der Waals surface area contributed by atoms with Crippen LogP contribution in [0.25, 0.3) is 0 Å². The highest BCUT2D eigenvalue weighted by molar-refractivity contribution is 9.10. The predicted molar refractivity (Wildman–Crippen MR) is 87.6 cm³/mol. The van der Waals surface area contributed by atoms with Gasteiger partial charge in [0, 0.05) is 11.4 Å². The van der Waals surface area contributed by atoms with Crippen LogP contribution in [0.15, 0.2) is 39.8 Å². The highest BCUT2D eigenvalue weighted by Gasteiger charge is 2.20. The number of aryl methyl sites for hydroxylation is 1. The third kappa shape index (κ3) is 3.25. The monoisotopic (exact) mass is 354 g/mol. The standard InChI is InChI=1S/C14H19BrN4S/c1-3-19-14(12(15)9-17-19)13(18-16)10-5-7-11(8-6-10)20-4-2/h5-9,13,18H,3-4,16H2,1-2H3. The van der Waals surface area contributed by atoms with Gasteiger partial charge in [-0.1, -0.05) is 19.1 Å². The molecule has 2 rings (SSSR count). The fraction of sp³-hybridized carbons (Fsp3) is 0.357. The van der Waals surface area contributed by atoms with Crippen LogP contribution in [0, 0.1) is 0 Å². The lowest BCUT2D eigenvalue weighted by Gasteiger charge is -2.18. The van der Waals surface area contributed by atoms with Crippen molar-refractivity contribution in [2.75, 3.05) is 5.75 Å². The summed E-state index contributed by atoms with van der Waals surface area (Å²) in [5, 5.41) is 4.35. The molecule has 1 atom stereocenters. The van der Waals surface area contributed by atoms with Crippen molar-refractivity contribution < 1.29 is 0 Å². The van der Waals surface area contributed by atoms with E-state index < -0.39 is 0 Å². The van der Waals surface area contributed by atoms with Crippen molar-refractivity contribution >= 4 is 27.7 Å². The van der Waals surface area contributed by atoms with Crippen LogP contribution in [0.5, 0.6) is 0 Å². The number of rotatable bonds is 6. The SMILES string of the molecule is CCSc1ccc(C(NN)c2c(Br)cnn2CC)cc1. The summed E-state index contributed by atoms with van der Waals surface area (Å²) >= 11 is 5.39. The Morgan fingerprint density at radius 3 is 2.60 bits per heavy atom. The summed E-state index contributed by atoms with van der Waals surface area (Å²) in [4.78, 5) is 1.27. The number of hydrogen-bond donors (Lipinski definition) is 2. The van der Waals surface area contributed by atoms with Crippen LogP contribution in [0.1, 0.15) is 31.1 Å². The van der Waals surface area contributed by atoms with E-state index in [0.29, 0.717) is 0 Å². The first kappa shape index (κ1) is 15.6. The Morgan fingerprint density at radius 1 is 1.35 bits per heavy atom. The molecule has 6 heteroatoms. The average molecular weight is 355 g/mol. The van der Waals surface area contributed by atoms with E-state index in [1.54, 1.807) is 0 Å². The third-order valence-electron chi connectivity index (χ3n) is 3.10. The summed E-state index contributed by atoms with van der Waals surface area (Å²) in [6.45, 7) is 5.03. The maximum absolute atomic E-state index is 5.77. The lowest BCUT2D eigenvalue weighted by atomic mass is 10.0. The van der Waals surface area contributed by atoms with E-state index in [4.69, 9.17) is 5.84 Å². The molecule has 0 aliphatic carbocycles. The molecule has 2 aromatic rings. The number of hydrogen-bond acceptors (Lipinski definition) is 4. The van der Waals surface area contributed by atoms with E-state index in [9.17, 15) is 0 Å². The average Bonchev–Trinajstić information content (AvgIpc) is 2.83. The molecule has 4 nitrogen and oxygen atoms in total. The van der Waals surface area contributed by atoms with Gasteiger partial charge in [-0.05, 0) is 46.3 Å². The summed E-state index contributed by atoms with van der Waals surface area (Å²) in [5.41, 5.74) is 5.07. The van der Waals surface area contributed by atoms with Crippen molar-refractivity contribution in [2.24, 2.45) is 5.84 Å². The van der Waals surface area contributed by atoms with Crippen LogP contribution in [0.2, 0.25) is 0 Å². The number of aromatic nitrogens is 2. The molecule has 0 radical (unpaired) electrons. The Hall–Kier alpha value is -0.820. The van der Waals surface area contributed by atoms with Gasteiger partial charge in [0.2, 0.25) is 0 Å². The zero-order chi connectivity index (χ0) is 14.5. The highest BCUT2D eigenvalue weighted by Crippen LogP contribution is 2.29. The molecule has 0 aliphatic heterocycles. The molecule has 0 spiro atoms. The first-order valence-electron chi connectivity index (χ1n) is 6.61. The van der Waals surface area contributed by atoms with Gasteiger partial charge < -0.3 is 0 Å². The lowest BCUT2D eigenvalue weighted by molar-refractivity contribution is 0.541. The van der Waals surface area contributed by atoms with Crippen molar-refractivity contribution in [3.63, 3.8) is 0 Å². The van der Waals surface area contributed by atoms with Crippen LogP contribution in [0.4, 0.5) is 0 Å². The second-order valence-electron chi connectivity index (χ2n) is 4.30. The molecule has 0 aliphatic rings. The largest absolute Gasteiger partial charge is 0.271 e. The van der Waals surface area contributed by atoms with Crippen LogP contribution < -0.4 is 11.3 Å². The molecular formula is C14H19BrN4S. The van der Waals surface area contributed by atoms with Gasteiger partial charge in [-0.2, -0.15) is 5.10 Å². The summed E-state index contributed by atoms with van der Waals surface area (Å²) < 4.78 is 2.91. The first-order chi connectivity index (χ1) is 9.71. The molecule has 0 fully saturated rings. The number of benzene rings is 1. The van der Waals surface area contributed by atoms with E-state index >= 15 is 0 Å². The fourth-order valence-corrected chi connectivity index (χ4v) is 3.35. The zero-order valence-electron chi connectivity index (χ0n) is 11.6. The van der Waals surface area contributed by atoms with Gasteiger partial charge in [-0.3, -0.25) is 10.5 Å². The van der Waals surface area contributed by atoms with Crippen molar-refractivity contribution in [3.8, 4) is 0 Å². The van der Waals surface area contributed by atoms with Gasteiger partial charge in [0.25, 0.3) is 0 Å². The molecule has 1 unspecified atom stereocenters. The van der Waals surface area contributed by atoms with E-state index in [-0.39, 0.29) is 6.04 Å². The number of hydrazine groups is 1. The zero-order valence-corrected chi connectivity index (χ0v) is 14.0. The fourth-order valence-electron chi connectivity index (χ4n) is 2.17. The summed E-state index contributed by atoms with van der Waals surface area (Å²) in [6, 6.07) is 8.42. The Labute approximate surface area is 132 Å². The second kappa shape index (κ2) is 7.26. The number of halogens is 1. The van der Waals surface area contributed by atoms with E-state index in [0.717, 1.165) is 28.0 Å². The molecule has 108 valence electrons. The third-order valence-corrected chi connectivity index (χ3v) is 4.60. The van der Waals surface area contributed by atoms with Crippen LogP contribution in [0.3, 0.4) is 0 Å². The highest BCUT2D eigenvalue weighted by atomic mass is 79.9. The number of nitrogens with one attached hydrogen (secondary N) is 1. The van der Waals surface area contributed by atoms with Gasteiger partial charge >= 0.3 is 0 Å². The lowest BCUT2D eigenvalue weighted by Crippen LogP contribution is -2.31. The summed E-state index contributed by atoms with van der Waals surface area (Å²) in [5.74, 6) is 6.84. The molecule has 1 aromatic heterocycles. The first-order valence-corrected chi connectivity index (χ1v) is 8.39. The van der Waals surface area contributed by atoms with Gasteiger partial charge in [-0.15, -0.1) is 11.8 Å². The van der Waals surface area contributed by atoms with Gasteiger partial charge in [-0.25, -0.2) is 5.43 Å². The number of nitrogens with two attached hydrogens (primary N) is 1. The predicted octanol–water partition coefficient (Wildman–Crippen LogP) is 3.33. The molecule has 0 amide bonds. The molecule has 0 bridgehead atoms. The minimum atomic E-state index is -0.0764. The van der Waals surface area contributed by atoms with Crippen molar-refractivity contribution in [3.05, 3.63) is 46.2 Å². The molecule has 1 heterocycles. The van der Waals surface area contributed by atoms with Crippen LogP contribution in [-0.4, -0.2) is 15.5 Å². The minimum absolute atomic E-state index is 0.0764. The van der Waals surface area contributed by atoms with Crippen LogP contribution in [-0.2, 0) is 6.54 Å². The number of thioether (sulfide) groups is 1. The minimum Gasteiger partial charge on any atom is -0.271 e. The Bertz CT molecular complexity index is 553. The van der Waals surface area contributed by atoms with Crippen molar-refractivity contribution in [2.45, 2.75) is 31.3 Å². The van der Waals surface area contributed by atoms with E-state index in [2.05, 4.69) is 64.6 Å². The molecule has 3 N–H and O–H groups in total. The Morgan fingerprint density at radius 2 is 2.05 bits per heavy atom. The quantitative estimate of drug-likeness (QED) is 0.474. The smallest absolute Gasteiger partial charge is 0.0889 e. The summed E-state index contributed by atoms with van der Waals surface area (Å²) in [7, 11) is 0. The topological polar surface area (TPSA) is 55.9 Å².